The molecule has 0 aromatic heterocycles. The van der Waals surface area contributed by atoms with Crippen molar-refractivity contribution in [2.75, 3.05) is 39.5 Å². The summed E-state index contributed by atoms with van der Waals surface area (Å²) in [6, 6.07) is 0. The van der Waals surface area contributed by atoms with Crippen molar-refractivity contribution in [2.24, 2.45) is 5.92 Å². The number of nitrogens with zero attached hydrogens (tertiary/aromatic N) is 1. The molecule has 1 amide bonds. The van der Waals surface area contributed by atoms with Gasteiger partial charge in [0.05, 0.1) is 32.3 Å². The van der Waals surface area contributed by atoms with E-state index in [4.69, 9.17) is 14.2 Å². The molecule has 2 saturated heterocycles. The Hall–Kier alpha value is -1.14. The predicted octanol–water partition coefficient (Wildman–Crippen LogP) is 0.204. The van der Waals surface area contributed by atoms with Gasteiger partial charge in [0.1, 0.15) is 0 Å². The van der Waals surface area contributed by atoms with Gasteiger partial charge in [-0.05, 0) is 19.8 Å². The fourth-order valence-electron chi connectivity index (χ4n) is 2.43. The molecular formula is C13H21NO5. The Labute approximate surface area is 113 Å². The number of rotatable bonds is 3. The molecule has 2 rings (SSSR count). The Morgan fingerprint density at radius 3 is 2.58 bits per heavy atom. The fourth-order valence-corrected chi connectivity index (χ4v) is 2.43. The minimum atomic E-state index is -0.479. The number of ether oxygens (including phenoxy) is 3. The van der Waals surface area contributed by atoms with Gasteiger partial charge < -0.3 is 19.1 Å². The molecule has 1 atom stereocenters. The summed E-state index contributed by atoms with van der Waals surface area (Å²) < 4.78 is 15.6. The molecule has 0 aromatic carbocycles. The first kappa shape index (κ1) is 14.3. The van der Waals surface area contributed by atoms with Gasteiger partial charge in [0.25, 0.3) is 5.91 Å². The maximum Gasteiger partial charge on any atom is 0.309 e. The Kier molecular flexibility index (Phi) is 5.15. The quantitative estimate of drug-likeness (QED) is 0.686. The lowest BCUT2D eigenvalue weighted by Crippen LogP contribution is -2.48. The van der Waals surface area contributed by atoms with Crippen LogP contribution in [0.25, 0.3) is 0 Å². The largest absolute Gasteiger partial charge is 0.466 e. The van der Waals surface area contributed by atoms with Crippen LogP contribution in [0, 0.1) is 5.92 Å². The molecule has 19 heavy (non-hydrogen) atoms. The van der Waals surface area contributed by atoms with Crippen LogP contribution in [0.1, 0.15) is 19.8 Å². The number of piperidine rings is 1. The monoisotopic (exact) mass is 271 g/mol. The molecule has 0 radical (unpaired) electrons. The van der Waals surface area contributed by atoms with Crippen LogP contribution in [-0.2, 0) is 23.8 Å². The van der Waals surface area contributed by atoms with Gasteiger partial charge in [-0.2, -0.15) is 0 Å². The van der Waals surface area contributed by atoms with E-state index in [-0.39, 0.29) is 17.8 Å². The summed E-state index contributed by atoms with van der Waals surface area (Å²) in [7, 11) is 0. The van der Waals surface area contributed by atoms with Crippen molar-refractivity contribution in [3.63, 3.8) is 0 Å². The van der Waals surface area contributed by atoms with Gasteiger partial charge in [0.15, 0.2) is 6.10 Å². The van der Waals surface area contributed by atoms with Crippen molar-refractivity contribution < 1.29 is 23.8 Å². The van der Waals surface area contributed by atoms with E-state index in [1.54, 1.807) is 11.8 Å². The molecule has 0 bridgehead atoms. The highest BCUT2D eigenvalue weighted by Crippen LogP contribution is 2.20. The Bertz CT molecular complexity index is 319. The van der Waals surface area contributed by atoms with E-state index in [1.807, 2.05) is 0 Å². The third kappa shape index (κ3) is 3.67. The summed E-state index contributed by atoms with van der Waals surface area (Å²) >= 11 is 0. The summed E-state index contributed by atoms with van der Waals surface area (Å²) in [4.78, 5) is 25.5. The van der Waals surface area contributed by atoms with E-state index in [9.17, 15) is 9.59 Å². The highest BCUT2D eigenvalue weighted by atomic mass is 16.6. The summed E-state index contributed by atoms with van der Waals surface area (Å²) in [5, 5.41) is 0. The first-order valence-electron chi connectivity index (χ1n) is 6.87. The van der Waals surface area contributed by atoms with E-state index >= 15 is 0 Å². The fraction of sp³-hybridized carbons (Fsp3) is 0.846. The van der Waals surface area contributed by atoms with Crippen LogP contribution in [0.3, 0.4) is 0 Å². The molecule has 6 nitrogen and oxygen atoms in total. The predicted molar refractivity (Wildman–Crippen MR) is 66.5 cm³/mol. The lowest BCUT2D eigenvalue weighted by molar-refractivity contribution is -0.161. The topological polar surface area (TPSA) is 65.1 Å². The molecule has 2 fully saturated rings. The highest BCUT2D eigenvalue weighted by molar-refractivity contribution is 5.81. The van der Waals surface area contributed by atoms with Crippen molar-refractivity contribution in [1.82, 2.24) is 4.90 Å². The van der Waals surface area contributed by atoms with Crippen LogP contribution >= 0.6 is 0 Å². The van der Waals surface area contributed by atoms with Crippen LogP contribution < -0.4 is 0 Å². The molecule has 6 heteroatoms. The molecule has 0 spiro atoms. The van der Waals surface area contributed by atoms with E-state index in [1.165, 1.54) is 0 Å². The molecule has 0 N–H and O–H groups in total. The number of hydrogen-bond acceptors (Lipinski definition) is 5. The lowest BCUT2D eigenvalue weighted by Gasteiger charge is -2.34. The number of esters is 1. The van der Waals surface area contributed by atoms with Gasteiger partial charge in [0, 0.05) is 13.1 Å². The second-order valence-corrected chi connectivity index (χ2v) is 4.79. The van der Waals surface area contributed by atoms with Crippen LogP contribution in [0.15, 0.2) is 0 Å². The minimum Gasteiger partial charge on any atom is -0.466 e. The molecule has 0 aromatic rings. The molecule has 0 saturated carbocycles. The van der Waals surface area contributed by atoms with Crippen LogP contribution in [0.2, 0.25) is 0 Å². The second-order valence-electron chi connectivity index (χ2n) is 4.79. The van der Waals surface area contributed by atoms with Gasteiger partial charge in [-0.15, -0.1) is 0 Å². The summed E-state index contributed by atoms with van der Waals surface area (Å²) in [5.74, 6) is -0.249. The first-order valence-corrected chi connectivity index (χ1v) is 6.87. The van der Waals surface area contributed by atoms with Gasteiger partial charge in [-0.3, -0.25) is 9.59 Å². The van der Waals surface area contributed by atoms with E-state index < -0.39 is 6.10 Å². The lowest BCUT2D eigenvalue weighted by atomic mass is 9.96. The number of amides is 1. The molecule has 2 heterocycles. The second kappa shape index (κ2) is 6.86. The number of carbonyl (C=O) groups excluding carboxylic acids is 2. The Balaban J connectivity index is 1.79. The van der Waals surface area contributed by atoms with E-state index in [2.05, 4.69) is 0 Å². The minimum absolute atomic E-state index is 0.0259. The van der Waals surface area contributed by atoms with Crippen LogP contribution in [-0.4, -0.2) is 62.4 Å². The number of likely N-dealkylation sites (tertiary alicyclic amines) is 1. The SMILES string of the molecule is CCOC(=O)C1CCN(C(=O)C2COCCO2)CC1. The molecule has 2 aliphatic rings. The molecule has 0 aliphatic carbocycles. The van der Waals surface area contributed by atoms with Crippen LogP contribution in [0.4, 0.5) is 0 Å². The average Bonchev–Trinajstić information content (AvgIpc) is 2.48. The van der Waals surface area contributed by atoms with Gasteiger partial charge in [0.2, 0.25) is 0 Å². The summed E-state index contributed by atoms with van der Waals surface area (Å²) in [6.45, 7) is 4.73. The molecule has 1 unspecified atom stereocenters. The molecular weight excluding hydrogens is 250 g/mol. The maximum absolute atomic E-state index is 12.2. The van der Waals surface area contributed by atoms with Gasteiger partial charge in [-0.25, -0.2) is 0 Å². The standard InChI is InChI=1S/C13H21NO5/c1-2-18-13(16)10-3-5-14(6-4-10)12(15)11-9-17-7-8-19-11/h10-11H,2-9H2,1H3. The summed E-state index contributed by atoms with van der Waals surface area (Å²) in [6.07, 6.45) is 0.851. The third-order valence-electron chi connectivity index (χ3n) is 3.52. The normalized spacial score (nSPS) is 25.1. The number of hydrogen-bond donors (Lipinski definition) is 0. The van der Waals surface area contributed by atoms with Gasteiger partial charge in [-0.1, -0.05) is 0 Å². The van der Waals surface area contributed by atoms with E-state index in [0.29, 0.717) is 52.4 Å². The zero-order valence-electron chi connectivity index (χ0n) is 11.3. The van der Waals surface area contributed by atoms with Crippen LogP contribution in [0.5, 0.6) is 0 Å². The van der Waals surface area contributed by atoms with Crippen molar-refractivity contribution in [3.8, 4) is 0 Å². The number of carbonyl (C=O) groups is 2. The van der Waals surface area contributed by atoms with Crippen molar-refractivity contribution in [2.45, 2.75) is 25.9 Å². The Morgan fingerprint density at radius 1 is 1.26 bits per heavy atom. The highest BCUT2D eigenvalue weighted by Gasteiger charge is 2.32. The third-order valence-corrected chi connectivity index (χ3v) is 3.52. The van der Waals surface area contributed by atoms with Crippen molar-refractivity contribution in [3.05, 3.63) is 0 Å². The smallest absolute Gasteiger partial charge is 0.309 e. The van der Waals surface area contributed by atoms with E-state index in [0.717, 1.165) is 0 Å². The van der Waals surface area contributed by atoms with Crippen molar-refractivity contribution in [1.29, 1.82) is 0 Å². The molecule has 2 aliphatic heterocycles. The van der Waals surface area contributed by atoms with Gasteiger partial charge >= 0.3 is 5.97 Å². The Morgan fingerprint density at radius 2 is 2.00 bits per heavy atom. The average molecular weight is 271 g/mol. The zero-order chi connectivity index (χ0) is 13.7. The maximum atomic E-state index is 12.2. The zero-order valence-corrected chi connectivity index (χ0v) is 11.3. The molecule has 108 valence electrons. The first-order chi connectivity index (χ1) is 9.22. The van der Waals surface area contributed by atoms with Crippen molar-refractivity contribution >= 4 is 11.9 Å². The summed E-state index contributed by atoms with van der Waals surface area (Å²) in [5.41, 5.74) is 0.